The Morgan fingerprint density at radius 2 is 1.55 bits per heavy atom. The molecule has 2 aromatic carbocycles. The van der Waals surface area contributed by atoms with Gasteiger partial charge in [0.15, 0.2) is 23.3 Å². The lowest BCUT2D eigenvalue weighted by molar-refractivity contribution is -0.137. The maximum Gasteiger partial charge on any atom is 0.416 e. The van der Waals surface area contributed by atoms with Gasteiger partial charge in [-0.2, -0.15) is 13.2 Å². The van der Waals surface area contributed by atoms with Gasteiger partial charge in [-0.3, -0.25) is 9.55 Å². The van der Waals surface area contributed by atoms with Crippen molar-refractivity contribution in [3.8, 4) is 5.82 Å². The molecule has 0 spiro atoms. The minimum absolute atomic E-state index is 0.254. The van der Waals surface area contributed by atoms with Crippen molar-refractivity contribution in [1.82, 2.24) is 19.5 Å². The molecule has 0 fully saturated rings. The third-order valence-electron chi connectivity index (χ3n) is 4.20. The molecule has 0 aliphatic rings. The lowest BCUT2D eigenvalue weighted by Gasteiger charge is -2.11. The second-order valence-corrected chi connectivity index (χ2v) is 6.21. The largest absolute Gasteiger partial charge is 0.416 e. The van der Waals surface area contributed by atoms with E-state index in [1.165, 1.54) is 29.1 Å². The zero-order valence-corrected chi connectivity index (χ0v) is 16.8. The van der Waals surface area contributed by atoms with E-state index in [-0.39, 0.29) is 17.2 Å². The Balaban J connectivity index is 0.00000132. The van der Waals surface area contributed by atoms with Crippen LogP contribution in [-0.4, -0.2) is 19.5 Å². The van der Waals surface area contributed by atoms with Crippen LogP contribution in [0.5, 0.6) is 0 Å². The Bertz CT molecular complexity index is 1200. The van der Waals surface area contributed by atoms with E-state index in [0.717, 1.165) is 24.3 Å². The van der Waals surface area contributed by atoms with Crippen molar-refractivity contribution >= 4 is 22.5 Å². The highest BCUT2D eigenvalue weighted by Crippen LogP contribution is 2.30. The Hall–Kier alpha value is -3.56. The number of benzene rings is 2. The van der Waals surface area contributed by atoms with Gasteiger partial charge in [0, 0.05) is 17.8 Å². The van der Waals surface area contributed by atoms with E-state index in [0.29, 0.717) is 17.0 Å². The molecule has 10 heteroatoms. The quantitative estimate of drug-likeness (QED) is 0.390. The van der Waals surface area contributed by atoms with Crippen molar-refractivity contribution in [1.29, 1.82) is 0 Å². The first-order chi connectivity index (χ1) is 14.7. The average Bonchev–Trinajstić information content (AvgIpc) is 3.04. The highest BCUT2D eigenvalue weighted by molar-refractivity contribution is 5.78. The number of anilines is 2. The molecule has 0 saturated carbocycles. The number of halogens is 5. The third kappa shape index (κ3) is 4.62. The number of aryl methyl sites for hydroxylation is 1. The predicted molar refractivity (Wildman–Crippen MR) is 107 cm³/mol. The van der Waals surface area contributed by atoms with Crippen LogP contribution in [0.4, 0.5) is 33.5 Å². The van der Waals surface area contributed by atoms with Crippen molar-refractivity contribution in [2.75, 3.05) is 5.32 Å². The van der Waals surface area contributed by atoms with Gasteiger partial charge in [-0.1, -0.05) is 13.8 Å². The van der Waals surface area contributed by atoms with Gasteiger partial charge in [0.25, 0.3) is 0 Å². The number of fused-ring (bicyclic) bond motifs is 1. The topological polar surface area (TPSA) is 55.6 Å². The molecule has 4 aromatic rings. The SMILES string of the molecule is CC.Cc1nc2cc(F)c(F)cc2n1-c1cncc(Nc2ccc(C(F)(F)F)cc2)n1. The Morgan fingerprint density at radius 1 is 0.903 bits per heavy atom. The van der Waals surface area contributed by atoms with Gasteiger partial charge in [-0.25, -0.2) is 18.7 Å². The summed E-state index contributed by atoms with van der Waals surface area (Å²) in [5.74, 6) is -1.05. The summed E-state index contributed by atoms with van der Waals surface area (Å²) in [6.45, 7) is 5.65. The summed E-state index contributed by atoms with van der Waals surface area (Å²) in [5.41, 5.74) is 0.175. The molecule has 2 aromatic heterocycles. The molecule has 0 bridgehead atoms. The first kappa shape index (κ1) is 22.1. The zero-order chi connectivity index (χ0) is 22.8. The molecular formula is C21H18F5N5. The Morgan fingerprint density at radius 3 is 2.19 bits per heavy atom. The van der Waals surface area contributed by atoms with Gasteiger partial charge in [-0.05, 0) is 31.2 Å². The molecular weight excluding hydrogens is 417 g/mol. The zero-order valence-electron chi connectivity index (χ0n) is 16.8. The lowest BCUT2D eigenvalue weighted by atomic mass is 10.2. The van der Waals surface area contributed by atoms with Gasteiger partial charge >= 0.3 is 6.18 Å². The fourth-order valence-electron chi connectivity index (χ4n) is 2.90. The third-order valence-corrected chi connectivity index (χ3v) is 4.20. The van der Waals surface area contributed by atoms with Gasteiger partial charge < -0.3 is 5.32 Å². The molecule has 162 valence electrons. The number of nitrogens with zero attached hydrogens (tertiary/aromatic N) is 4. The maximum atomic E-state index is 13.7. The number of hydrogen-bond acceptors (Lipinski definition) is 4. The van der Waals surface area contributed by atoms with Crippen molar-refractivity contribution in [2.24, 2.45) is 0 Å². The van der Waals surface area contributed by atoms with Crippen molar-refractivity contribution in [3.05, 3.63) is 71.8 Å². The van der Waals surface area contributed by atoms with Gasteiger partial charge in [0.1, 0.15) is 5.82 Å². The van der Waals surface area contributed by atoms with Gasteiger partial charge in [-0.15, -0.1) is 0 Å². The fourth-order valence-corrected chi connectivity index (χ4v) is 2.90. The molecule has 31 heavy (non-hydrogen) atoms. The maximum absolute atomic E-state index is 13.7. The summed E-state index contributed by atoms with van der Waals surface area (Å²) in [7, 11) is 0. The lowest BCUT2D eigenvalue weighted by Crippen LogP contribution is -2.05. The molecule has 0 saturated heterocycles. The number of nitrogens with one attached hydrogen (secondary N) is 1. The summed E-state index contributed by atoms with van der Waals surface area (Å²) in [4.78, 5) is 12.6. The van der Waals surface area contributed by atoms with Crippen molar-refractivity contribution in [3.63, 3.8) is 0 Å². The van der Waals surface area contributed by atoms with Crippen LogP contribution < -0.4 is 5.32 Å². The van der Waals surface area contributed by atoms with Crippen LogP contribution >= 0.6 is 0 Å². The van der Waals surface area contributed by atoms with Crippen LogP contribution in [-0.2, 0) is 6.18 Å². The molecule has 0 amide bonds. The van der Waals surface area contributed by atoms with Crippen LogP contribution in [0, 0.1) is 18.6 Å². The van der Waals surface area contributed by atoms with Crippen LogP contribution in [0.25, 0.3) is 16.9 Å². The average molecular weight is 435 g/mol. The standard InChI is InChI=1S/C19H12F5N5.C2H6/c1-10-26-15-6-13(20)14(21)7-16(15)29(10)18-9-25-8-17(28-18)27-12-4-2-11(3-5-12)19(22,23)24;1-2/h2-9H,1H3,(H,27,28);1-2H3. The van der Waals surface area contributed by atoms with Crippen LogP contribution in [0.15, 0.2) is 48.8 Å². The van der Waals surface area contributed by atoms with E-state index in [1.807, 2.05) is 13.8 Å². The number of aromatic nitrogens is 4. The van der Waals surface area contributed by atoms with E-state index in [4.69, 9.17) is 0 Å². The Labute approximate surface area is 174 Å². The highest BCUT2D eigenvalue weighted by Gasteiger charge is 2.29. The summed E-state index contributed by atoms with van der Waals surface area (Å²) in [6, 6.07) is 6.45. The van der Waals surface area contributed by atoms with Crippen molar-refractivity contribution in [2.45, 2.75) is 26.9 Å². The summed E-state index contributed by atoms with van der Waals surface area (Å²) < 4.78 is 66.7. The van der Waals surface area contributed by atoms with Crippen LogP contribution in [0.3, 0.4) is 0 Å². The molecule has 0 atom stereocenters. The molecule has 5 nitrogen and oxygen atoms in total. The smallest absolute Gasteiger partial charge is 0.339 e. The van der Waals surface area contributed by atoms with Crippen LogP contribution in [0.1, 0.15) is 25.2 Å². The van der Waals surface area contributed by atoms with E-state index in [1.54, 1.807) is 6.92 Å². The van der Waals surface area contributed by atoms with E-state index >= 15 is 0 Å². The van der Waals surface area contributed by atoms with E-state index in [2.05, 4.69) is 20.3 Å². The number of imidazole rings is 1. The van der Waals surface area contributed by atoms with E-state index < -0.39 is 23.4 Å². The number of rotatable bonds is 3. The van der Waals surface area contributed by atoms with Gasteiger partial charge in [0.2, 0.25) is 0 Å². The molecule has 0 aliphatic carbocycles. The number of alkyl halides is 3. The second-order valence-electron chi connectivity index (χ2n) is 6.21. The monoisotopic (exact) mass is 435 g/mol. The first-order valence-corrected chi connectivity index (χ1v) is 9.33. The van der Waals surface area contributed by atoms with E-state index in [9.17, 15) is 22.0 Å². The summed E-state index contributed by atoms with van der Waals surface area (Å²) in [5, 5.41) is 2.86. The fraction of sp³-hybridized carbons (Fsp3) is 0.190. The second kappa shape index (κ2) is 8.66. The van der Waals surface area contributed by atoms with Crippen LogP contribution in [0.2, 0.25) is 0 Å². The van der Waals surface area contributed by atoms with Gasteiger partial charge in [0.05, 0.1) is 29.0 Å². The molecule has 0 unspecified atom stereocenters. The molecule has 4 rings (SSSR count). The van der Waals surface area contributed by atoms with Crippen molar-refractivity contribution < 1.29 is 22.0 Å². The minimum atomic E-state index is -4.42. The Kier molecular flexibility index (Phi) is 6.19. The molecule has 0 radical (unpaired) electrons. The molecule has 1 N–H and O–H groups in total. The predicted octanol–water partition coefficient (Wildman–Crippen LogP) is 6.19. The molecule has 0 aliphatic heterocycles. The normalized spacial score (nSPS) is 11.2. The minimum Gasteiger partial charge on any atom is -0.339 e. The first-order valence-electron chi connectivity index (χ1n) is 9.33. The molecule has 2 heterocycles. The highest BCUT2D eigenvalue weighted by atomic mass is 19.4. The summed E-state index contributed by atoms with van der Waals surface area (Å²) >= 11 is 0. The number of hydrogen-bond donors (Lipinski definition) is 1. The summed E-state index contributed by atoms with van der Waals surface area (Å²) in [6.07, 6.45) is -1.63.